The summed E-state index contributed by atoms with van der Waals surface area (Å²) in [5, 5.41) is 2.92. The van der Waals surface area contributed by atoms with Crippen molar-refractivity contribution in [2.24, 2.45) is 0 Å². The molecule has 0 saturated carbocycles. The molecule has 0 spiro atoms. The van der Waals surface area contributed by atoms with Gasteiger partial charge in [0.05, 0.1) is 12.1 Å². The highest BCUT2D eigenvalue weighted by Gasteiger charge is 2.33. The van der Waals surface area contributed by atoms with Gasteiger partial charge in [0.2, 0.25) is 0 Å². The molecule has 0 amide bonds. The molecule has 96 valence electrons. The molecule has 0 atom stereocenters. The Morgan fingerprint density at radius 3 is 2.59 bits per heavy atom. The first-order chi connectivity index (χ1) is 7.92. The van der Waals surface area contributed by atoms with Gasteiger partial charge in [0.15, 0.2) is 0 Å². The van der Waals surface area contributed by atoms with Crippen molar-refractivity contribution in [2.75, 3.05) is 20.7 Å². The summed E-state index contributed by atoms with van der Waals surface area (Å²) in [5.41, 5.74) is 0.436. The van der Waals surface area contributed by atoms with Crippen molar-refractivity contribution in [3.8, 4) is 5.75 Å². The third-order valence-corrected chi connectivity index (χ3v) is 2.88. The molecular formula is C12H16ClF2NO. The van der Waals surface area contributed by atoms with E-state index in [4.69, 9.17) is 16.3 Å². The molecule has 0 heterocycles. The van der Waals surface area contributed by atoms with E-state index in [0.717, 1.165) is 0 Å². The highest BCUT2D eigenvalue weighted by Crippen LogP contribution is 2.38. The summed E-state index contributed by atoms with van der Waals surface area (Å²) in [4.78, 5) is 0. The molecule has 1 aromatic carbocycles. The predicted molar refractivity (Wildman–Crippen MR) is 65.2 cm³/mol. The smallest absolute Gasteiger partial charge is 0.274 e. The molecule has 5 heteroatoms. The Hall–Kier alpha value is -0.870. The molecule has 2 nitrogen and oxygen atoms in total. The van der Waals surface area contributed by atoms with E-state index >= 15 is 0 Å². The van der Waals surface area contributed by atoms with Gasteiger partial charge in [-0.15, -0.1) is 0 Å². The summed E-state index contributed by atoms with van der Waals surface area (Å²) in [6.45, 7) is 1.87. The van der Waals surface area contributed by atoms with Crippen LogP contribution in [0.4, 0.5) is 8.78 Å². The average molecular weight is 264 g/mol. The second kappa shape index (κ2) is 5.65. The minimum Gasteiger partial charge on any atom is -0.495 e. The van der Waals surface area contributed by atoms with Gasteiger partial charge in [0.25, 0.3) is 5.92 Å². The summed E-state index contributed by atoms with van der Waals surface area (Å²) in [7, 11) is 3.10. The number of rotatable bonds is 5. The lowest BCUT2D eigenvalue weighted by molar-refractivity contribution is -0.0129. The maximum atomic E-state index is 13.9. The summed E-state index contributed by atoms with van der Waals surface area (Å²) < 4.78 is 32.7. The number of nitrogens with one attached hydrogen (secondary N) is 1. The zero-order valence-electron chi connectivity index (χ0n) is 10.1. The van der Waals surface area contributed by atoms with Crippen molar-refractivity contribution in [1.82, 2.24) is 5.32 Å². The fraction of sp³-hybridized carbons (Fsp3) is 0.500. The van der Waals surface area contributed by atoms with Gasteiger partial charge in [-0.05, 0) is 31.7 Å². The van der Waals surface area contributed by atoms with E-state index in [1.807, 2.05) is 0 Å². The van der Waals surface area contributed by atoms with E-state index in [2.05, 4.69) is 5.32 Å². The molecule has 0 aliphatic carbocycles. The maximum Gasteiger partial charge on any atom is 0.274 e. The largest absolute Gasteiger partial charge is 0.495 e. The third kappa shape index (κ3) is 3.30. The van der Waals surface area contributed by atoms with Gasteiger partial charge in [0, 0.05) is 18.5 Å². The van der Waals surface area contributed by atoms with Gasteiger partial charge in [0.1, 0.15) is 5.75 Å². The van der Waals surface area contributed by atoms with Gasteiger partial charge < -0.3 is 10.1 Å². The van der Waals surface area contributed by atoms with Crippen LogP contribution in [0.25, 0.3) is 0 Å². The van der Waals surface area contributed by atoms with Crippen LogP contribution < -0.4 is 10.1 Å². The molecule has 0 bridgehead atoms. The zero-order chi connectivity index (χ0) is 13.1. The Morgan fingerprint density at radius 2 is 2.06 bits per heavy atom. The molecule has 0 saturated heterocycles. The lowest BCUT2D eigenvalue weighted by Crippen LogP contribution is -2.22. The van der Waals surface area contributed by atoms with Crippen molar-refractivity contribution >= 4 is 11.6 Å². The maximum absolute atomic E-state index is 13.9. The van der Waals surface area contributed by atoms with E-state index in [0.29, 0.717) is 11.3 Å². The van der Waals surface area contributed by atoms with Crippen LogP contribution in [0.3, 0.4) is 0 Å². The number of ether oxygens (including phenoxy) is 1. The molecule has 0 aromatic heterocycles. The van der Waals surface area contributed by atoms with Crippen LogP contribution in [-0.4, -0.2) is 20.7 Å². The SMILES string of the molecule is CNCCC(F)(F)c1cc(Cl)c(OC)cc1C. The molecular weight excluding hydrogens is 248 g/mol. The second-order valence-electron chi connectivity index (χ2n) is 3.86. The fourth-order valence-corrected chi connectivity index (χ4v) is 1.86. The zero-order valence-corrected chi connectivity index (χ0v) is 10.9. The number of alkyl halides is 2. The third-order valence-electron chi connectivity index (χ3n) is 2.58. The lowest BCUT2D eigenvalue weighted by atomic mass is 10.00. The second-order valence-corrected chi connectivity index (χ2v) is 4.27. The summed E-state index contributed by atoms with van der Waals surface area (Å²) in [6.07, 6.45) is -0.257. The molecule has 0 fully saturated rings. The Morgan fingerprint density at radius 1 is 1.41 bits per heavy atom. The first-order valence-electron chi connectivity index (χ1n) is 5.29. The Labute approximate surface area is 105 Å². The Bertz CT molecular complexity index is 396. The molecule has 1 rings (SSSR count). The molecule has 1 aromatic rings. The highest BCUT2D eigenvalue weighted by molar-refractivity contribution is 6.32. The van der Waals surface area contributed by atoms with Crippen molar-refractivity contribution in [3.63, 3.8) is 0 Å². The topological polar surface area (TPSA) is 21.3 Å². The molecule has 17 heavy (non-hydrogen) atoms. The van der Waals surface area contributed by atoms with Gasteiger partial charge in [-0.25, -0.2) is 8.78 Å². The monoisotopic (exact) mass is 263 g/mol. The van der Waals surface area contributed by atoms with E-state index < -0.39 is 5.92 Å². The fourth-order valence-electron chi connectivity index (χ4n) is 1.62. The molecule has 1 N–H and O–H groups in total. The van der Waals surface area contributed by atoms with Crippen molar-refractivity contribution in [1.29, 1.82) is 0 Å². The molecule has 0 aliphatic heterocycles. The number of hydrogen-bond acceptors (Lipinski definition) is 2. The van der Waals surface area contributed by atoms with Crippen LogP contribution in [0.1, 0.15) is 17.5 Å². The molecule has 0 radical (unpaired) electrons. The standard InChI is InChI=1S/C12H16ClF2NO/c1-8-6-11(17-3)10(13)7-9(8)12(14,15)4-5-16-2/h6-7,16H,4-5H2,1-3H3. The Balaban J connectivity index is 3.09. The number of aryl methyl sites for hydroxylation is 1. The normalized spacial score (nSPS) is 11.6. The number of halogens is 3. The lowest BCUT2D eigenvalue weighted by Gasteiger charge is -2.20. The van der Waals surface area contributed by atoms with E-state index in [-0.39, 0.29) is 23.6 Å². The van der Waals surface area contributed by atoms with Crippen LogP contribution in [-0.2, 0) is 5.92 Å². The number of methoxy groups -OCH3 is 1. The summed E-state index contributed by atoms with van der Waals surface area (Å²) in [5.74, 6) is -2.47. The van der Waals surface area contributed by atoms with Crippen LogP contribution in [0.15, 0.2) is 12.1 Å². The quantitative estimate of drug-likeness (QED) is 0.880. The molecule has 0 unspecified atom stereocenters. The summed E-state index contributed by atoms with van der Waals surface area (Å²) >= 11 is 5.87. The van der Waals surface area contributed by atoms with Crippen molar-refractivity contribution < 1.29 is 13.5 Å². The average Bonchev–Trinajstić information content (AvgIpc) is 2.28. The summed E-state index contributed by atoms with van der Waals surface area (Å²) in [6, 6.07) is 2.82. The van der Waals surface area contributed by atoms with Crippen LogP contribution in [0.2, 0.25) is 5.02 Å². The van der Waals surface area contributed by atoms with Crippen LogP contribution in [0.5, 0.6) is 5.75 Å². The Kier molecular flexibility index (Phi) is 4.71. The minimum atomic E-state index is -2.89. The van der Waals surface area contributed by atoms with Gasteiger partial charge in [-0.1, -0.05) is 11.6 Å². The van der Waals surface area contributed by atoms with Crippen LogP contribution >= 0.6 is 11.6 Å². The predicted octanol–water partition coefficient (Wildman–Crippen LogP) is 3.36. The van der Waals surface area contributed by atoms with Crippen molar-refractivity contribution in [3.05, 3.63) is 28.3 Å². The van der Waals surface area contributed by atoms with E-state index in [9.17, 15) is 8.78 Å². The van der Waals surface area contributed by atoms with Crippen molar-refractivity contribution in [2.45, 2.75) is 19.3 Å². The van der Waals surface area contributed by atoms with Gasteiger partial charge >= 0.3 is 0 Å². The minimum absolute atomic E-state index is 0.0430. The first kappa shape index (κ1) is 14.2. The highest BCUT2D eigenvalue weighted by atomic mass is 35.5. The van der Waals surface area contributed by atoms with Crippen LogP contribution in [0, 0.1) is 6.92 Å². The molecule has 0 aliphatic rings. The number of hydrogen-bond donors (Lipinski definition) is 1. The van der Waals surface area contributed by atoms with Gasteiger partial charge in [-0.2, -0.15) is 0 Å². The van der Waals surface area contributed by atoms with E-state index in [1.54, 1.807) is 14.0 Å². The van der Waals surface area contributed by atoms with E-state index in [1.165, 1.54) is 19.2 Å². The first-order valence-corrected chi connectivity index (χ1v) is 5.67. The number of benzene rings is 1. The van der Waals surface area contributed by atoms with Gasteiger partial charge in [-0.3, -0.25) is 0 Å².